The monoisotopic (exact) mass is 383 g/mol. The lowest BCUT2D eigenvalue weighted by Crippen LogP contribution is -2.44. The van der Waals surface area contributed by atoms with Gasteiger partial charge in [0, 0.05) is 43.9 Å². The third-order valence-corrected chi connectivity index (χ3v) is 5.18. The van der Waals surface area contributed by atoms with E-state index in [1.807, 2.05) is 62.1 Å². The summed E-state index contributed by atoms with van der Waals surface area (Å²) in [6.07, 6.45) is 2.54. The van der Waals surface area contributed by atoms with Crippen LogP contribution < -0.4 is 5.32 Å². The van der Waals surface area contributed by atoms with Gasteiger partial charge in [-0.1, -0.05) is 18.2 Å². The average Bonchev–Trinajstić information content (AvgIpc) is 3.03. The molecule has 0 spiro atoms. The first-order valence-corrected chi connectivity index (χ1v) is 9.90. The highest BCUT2D eigenvalue weighted by Crippen LogP contribution is 2.15. The van der Waals surface area contributed by atoms with Crippen LogP contribution in [0.25, 0.3) is 0 Å². The number of carbonyl (C=O) groups is 2. The van der Waals surface area contributed by atoms with Crippen LogP contribution in [0.15, 0.2) is 42.6 Å². The van der Waals surface area contributed by atoms with Crippen LogP contribution in [0.3, 0.4) is 0 Å². The van der Waals surface area contributed by atoms with Crippen LogP contribution in [0, 0.1) is 0 Å². The number of hydrogen-bond donors (Lipinski definition) is 1. The quantitative estimate of drug-likeness (QED) is 0.862. The van der Waals surface area contributed by atoms with Gasteiger partial charge in [-0.3, -0.25) is 14.5 Å². The molecule has 7 heteroatoms. The number of rotatable bonds is 5. The average molecular weight is 383 g/mol. The largest absolute Gasteiger partial charge is 0.337 e. The van der Waals surface area contributed by atoms with Gasteiger partial charge in [-0.05, 0) is 39.3 Å². The van der Waals surface area contributed by atoms with Gasteiger partial charge in [0.05, 0.1) is 12.2 Å². The lowest BCUT2D eigenvalue weighted by molar-refractivity contribution is -0.120. The van der Waals surface area contributed by atoms with Crippen LogP contribution in [0.1, 0.15) is 43.6 Å². The van der Waals surface area contributed by atoms with E-state index in [1.54, 1.807) is 10.9 Å². The van der Waals surface area contributed by atoms with Crippen LogP contribution in [0.5, 0.6) is 0 Å². The second-order valence-corrected chi connectivity index (χ2v) is 7.47. The Kier molecular flexibility index (Phi) is 6.46. The molecule has 0 aliphatic carbocycles. The molecule has 1 aromatic carbocycles. The number of amides is 2. The number of hydrogen-bond acceptors (Lipinski definition) is 4. The minimum Gasteiger partial charge on any atom is -0.337 e. The molecule has 28 heavy (non-hydrogen) atoms. The number of nitrogens with one attached hydrogen (secondary N) is 1. The molecule has 7 nitrogen and oxygen atoms in total. The summed E-state index contributed by atoms with van der Waals surface area (Å²) in [4.78, 5) is 29.5. The third kappa shape index (κ3) is 4.59. The molecule has 1 aromatic heterocycles. The van der Waals surface area contributed by atoms with Gasteiger partial charge >= 0.3 is 0 Å². The van der Waals surface area contributed by atoms with Gasteiger partial charge in [0.25, 0.3) is 5.91 Å². The fraction of sp³-hybridized carbons (Fsp3) is 0.476. The Hall–Kier alpha value is -2.67. The summed E-state index contributed by atoms with van der Waals surface area (Å²) in [6.45, 7) is 8.76. The predicted molar refractivity (Wildman–Crippen MR) is 109 cm³/mol. The molecule has 0 radical (unpaired) electrons. The zero-order valence-electron chi connectivity index (χ0n) is 16.8. The molecule has 1 atom stereocenters. The molecule has 2 amide bonds. The molecule has 1 unspecified atom stereocenters. The van der Waals surface area contributed by atoms with Gasteiger partial charge < -0.3 is 10.2 Å². The van der Waals surface area contributed by atoms with Crippen LogP contribution in [-0.4, -0.2) is 63.6 Å². The van der Waals surface area contributed by atoms with Crippen molar-refractivity contribution in [3.05, 3.63) is 48.2 Å². The van der Waals surface area contributed by atoms with Gasteiger partial charge in [0.15, 0.2) is 0 Å². The Labute approximate surface area is 166 Å². The molecule has 1 fully saturated rings. The van der Waals surface area contributed by atoms with E-state index in [4.69, 9.17) is 0 Å². The maximum Gasteiger partial charge on any atom is 0.253 e. The minimum atomic E-state index is -0.276. The number of anilines is 1. The second kappa shape index (κ2) is 9.01. The van der Waals surface area contributed by atoms with Crippen molar-refractivity contribution in [2.75, 3.05) is 31.5 Å². The van der Waals surface area contributed by atoms with Crippen molar-refractivity contribution < 1.29 is 9.59 Å². The SMILES string of the molecule is CC(C(=O)Nc1ccnn1C(C)C)N1CCCN(C(=O)c2ccccc2)CC1. The van der Waals surface area contributed by atoms with Gasteiger partial charge in [0.2, 0.25) is 5.91 Å². The van der Waals surface area contributed by atoms with E-state index < -0.39 is 0 Å². The van der Waals surface area contributed by atoms with Crippen LogP contribution in [0.4, 0.5) is 5.82 Å². The Bertz CT molecular complexity index is 802. The van der Waals surface area contributed by atoms with Gasteiger partial charge in [-0.15, -0.1) is 0 Å². The highest BCUT2D eigenvalue weighted by molar-refractivity contribution is 5.94. The van der Waals surface area contributed by atoms with E-state index in [0.717, 1.165) is 13.0 Å². The molecule has 2 aromatic rings. The molecular formula is C21H29N5O2. The molecule has 2 heterocycles. The molecule has 1 saturated heterocycles. The number of carbonyl (C=O) groups excluding carboxylic acids is 2. The summed E-state index contributed by atoms with van der Waals surface area (Å²) in [5.74, 6) is 0.716. The van der Waals surface area contributed by atoms with Crippen molar-refractivity contribution in [1.29, 1.82) is 0 Å². The van der Waals surface area contributed by atoms with E-state index in [1.165, 1.54) is 0 Å². The normalized spacial score (nSPS) is 16.6. The maximum atomic E-state index is 12.8. The van der Waals surface area contributed by atoms with Crippen molar-refractivity contribution in [3.63, 3.8) is 0 Å². The van der Waals surface area contributed by atoms with E-state index >= 15 is 0 Å². The zero-order chi connectivity index (χ0) is 20.1. The molecule has 3 rings (SSSR count). The lowest BCUT2D eigenvalue weighted by Gasteiger charge is -2.27. The molecule has 1 N–H and O–H groups in total. The second-order valence-electron chi connectivity index (χ2n) is 7.47. The highest BCUT2D eigenvalue weighted by atomic mass is 16.2. The Morgan fingerprint density at radius 3 is 2.46 bits per heavy atom. The molecule has 0 bridgehead atoms. The van der Waals surface area contributed by atoms with E-state index in [-0.39, 0.29) is 23.9 Å². The third-order valence-electron chi connectivity index (χ3n) is 5.18. The van der Waals surface area contributed by atoms with Crippen molar-refractivity contribution in [2.24, 2.45) is 0 Å². The Balaban J connectivity index is 1.59. The molecule has 1 aliphatic rings. The molecule has 150 valence electrons. The summed E-state index contributed by atoms with van der Waals surface area (Å²) in [5.41, 5.74) is 0.712. The molecule has 1 aliphatic heterocycles. The van der Waals surface area contributed by atoms with Gasteiger partial charge in [-0.25, -0.2) is 4.68 Å². The summed E-state index contributed by atoms with van der Waals surface area (Å²) < 4.78 is 1.80. The minimum absolute atomic E-state index is 0.0507. The zero-order valence-corrected chi connectivity index (χ0v) is 16.8. The van der Waals surface area contributed by atoms with Crippen molar-refractivity contribution in [3.8, 4) is 0 Å². The predicted octanol–water partition coefficient (Wildman–Crippen LogP) is 2.64. The number of nitrogens with zero attached hydrogens (tertiary/aromatic N) is 4. The summed E-state index contributed by atoms with van der Waals surface area (Å²) >= 11 is 0. The van der Waals surface area contributed by atoms with Crippen LogP contribution >= 0.6 is 0 Å². The van der Waals surface area contributed by atoms with Gasteiger partial charge in [-0.2, -0.15) is 5.10 Å². The fourth-order valence-electron chi connectivity index (χ4n) is 3.51. The van der Waals surface area contributed by atoms with Crippen molar-refractivity contribution in [1.82, 2.24) is 19.6 Å². The topological polar surface area (TPSA) is 70.5 Å². The van der Waals surface area contributed by atoms with Gasteiger partial charge in [0.1, 0.15) is 5.82 Å². The Morgan fingerprint density at radius 2 is 1.75 bits per heavy atom. The first kappa shape index (κ1) is 20.1. The summed E-state index contributed by atoms with van der Waals surface area (Å²) in [7, 11) is 0. The molecular weight excluding hydrogens is 354 g/mol. The van der Waals surface area contributed by atoms with Crippen LogP contribution in [-0.2, 0) is 4.79 Å². The first-order chi connectivity index (χ1) is 13.5. The number of aromatic nitrogens is 2. The van der Waals surface area contributed by atoms with E-state index in [9.17, 15) is 9.59 Å². The Morgan fingerprint density at radius 1 is 1.00 bits per heavy atom. The van der Waals surface area contributed by atoms with E-state index in [2.05, 4.69) is 15.3 Å². The summed E-state index contributed by atoms with van der Waals surface area (Å²) in [5, 5.41) is 7.25. The fourth-order valence-corrected chi connectivity index (χ4v) is 3.51. The van der Waals surface area contributed by atoms with Crippen LogP contribution in [0.2, 0.25) is 0 Å². The van der Waals surface area contributed by atoms with Crippen molar-refractivity contribution >= 4 is 17.6 Å². The highest BCUT2D eigenvalue weighted by Gasteiger charge is 2.26. The number of benzene rings is 1. The molecule has 0 saturated carbocycles. The standard InChI is InChI=1S/C21H29N5O2/c1-16(2)26-19(10-11-22-26)23-20(27)17(3)24-12-7-13-25(15-14-24)21(28)18-8-5-4-6-9-18/h4-6,8-11,16-17H,7,12-15H2,1-3H3,(H,23,27). The summed E-state index contributed by atoms with van der Waals surface area (Å²) in [6, 6.07) is 11.1. The maximum absolute atomic E-state index is 12.8. The smallest absolute Gasteiger partial charge is 0.253 e. The first-order valence-electron chi connectivity index (χ1n) is 9.90. The van der Waals surface area contributed by atoms with E-state index in [0.29, 0.717) is 31.0 Å². The van der Waals surface area contributed by atoms with Crippen molar-refractivity contribution in [2.45, 2.75) is 39.3 Å². The lowest BCUT2D eigenvalue weighted by atomic mass is 10.2.